The van der Waals surface area contributed by atoms with Crippen LogP contribution in [0.5, 0.6) is 0 Å². The van der Waals surface area contributed by atoms with E-state index in [1.807, 2.05) is 18.4 Å². The molecule has 8 nitrogen and oxygen atoms in total. The first-order valence-corrected chi connectivity index (χ1v) is 14.8. The lowest BCUT2D eigenvalue weighted by Crippen LogP contribution is -2.49. The van der Waals surface area contributed by atoms with Crippen LogP contribution in [0, 0.1) is 5.82 Å². The molecule has 3 atom stereocenters. The predicted molar refractivity (Wildman–Crippen MR) is 160 cm³/mol. The Morgan fingerprint density at radius 2 is 1.77 bits per heavy atom. The Hall–Kier alpha value is -2.96. The summed E-state index contributed by atoms with van der Waals surface area (Å²) in [6, 6.07) is 12.0. The van der Waals surface area contributed by atoms with Crippen LogP contribution in [-0.4, -0.2) is 38.1 Å². The third-order valence-corrected chi connectivity index (χ3v) is 7.86. The van der Waals surface area contributed by atoms with E-state index >= 15 is 0 Å². The van der Waals surface area contributed by atoms with Crippen LogP contribution in [0.4, 0.5) is 10.1 Å². The molecule has 3 rings (SSSR count). The smallest absolute Gasteiger partial charge is 0.251 e. The average molecular weight is 589 g/mol. The fraction of sp³-hybridized carbons (Fsp3) is 0.379. The monoisotopic (exact) mass is 588 g/mol. The summed E-state index contributed by atoms with van der Waals surface area (Å²) < 4.78 is 20.0. The van der Waals surface area contributed by atoms with Gasteiger partial charge in [0, 0.05) is 30.3 Å². The van der Waals surface area contributed by atoms with Crippen molar-refractivity contribution >= 4 is 41.1 Å². The van der Waals surface area contributed by atoms with E-state index in [1.165, 1.54) is 19.2 Å². The van der Waals surface area contributed by atoms with Crippen LogP contribution < -0.4 is 20.7 Å². The lowest BCUT2D eigenvalue weighted by atomic mass is 9.96. The molecule has 0 bridgehead atoms. The minimum absolute atomic E-state index is 0.223. The minimum atomic E-state index is -0.385. The summed E-state index contributed by atoms with van der Waals surface area (Å²) in [7, 11) is 3.11. The topological polar surface area (TPSA) is 106 Å². The summed E-state index contributed by atoms with van der Waals surface area (Å²) in [4.78, 5) is 31.6. The number of anilines is 1. The first kappa shape index (κ1) is 31.6. The molecule has 11 heteroatoms. The lowest BCUT2D eigenvalue weighted by molar-refractivity contribution is -0.160. The average Bonchev–Trinajstić information content (AvgIpc) is 3.47. The van der Waals surface area contributed by atoms with Gasteiger partial charge in [-0.25, -0.2) is 9.28 Å². The van der Waals surface area contributed by atoms with Gasteiger partial charge in [0.05, 0.1) is 18.8 Å². The maximum Gasteiger partial charge on any atom is 0.251 e. The molecular weight excluding hydrogens is 551 g/mol. The molecule has 0 saturated heterocycles. The Balaban J connectivity index is 1.87. The molecule has 2 aromatic carbocycles. The maximum atomic E-state index is 13.6. The Kier molecular flexibility index (Phi) is 12.4. The quantitative estimate of drug-likeness (QED) is 0.0890. The normalized spacial score (nSPS) is 13.3. The highest BCUT2D eigenvalue weighted by Gasteiger charge is 2.23. The fourth-order valence-electron chi connectivity index (χ4n) is 4.15. The van der Waals surface area contributed by atoms with Crippen molar-refractivity contribution in [3.05, 3.63) is 87.4 Å². The van der Waals surface area contributed by atoms with E-state index in [0.29, 0.717) is 17.7 Å². The van der Waals surface area contributed by atoms with Crippen LogP contribution in [0.2, 0.25) is 0 Å². The van der Waals surface area contributed by atoms with Gasteiger partial charge in [0.15, 0.2) is 12.2 Å². The molecule has 0 spiro atoms. The van der Waals surface area contributed by atoms with Gasteiger partial charge in [0.2, 0.25) is 0 Å². The van der Waals surface area contributed by atoms with Crippen molar-refractivity contribution in [2.75, 3.05) is 18.5 Å². The Labute approximate surface area is 243 Å². The summed E-state index contributed by atoms with van der Waals surface area (Å²) in [6.45, 7) is 3.92. The number of benzene rings is 2. The highest BCUT2D eigenvalue weighted by molar-refractivity contribution is 7.95. The summed E-state index contributed by atoms with van der Waals surface area (Å²) >= 11 is 2.51. The van der Waals surface area contributed by atoms with Gasteiger partial charge in [-0.1, -0.05) is 31.9 Å². The molecule has 0 fully saturated rings. The number of amides is 2. The molecule has 0 saturated carbocycles. The van der Waals surface area contributed by atoms with E-state index in [1.54, 1.807) is 53.0 Å². The number of nitrogens with two attached hydrogens (primary N) is 1. The van der Waals surface area contributed by atoms with Gasteiger partial charge in [0.1, 0.15) is 5.82 Å². The van der Waals surface area contributed by atoms with Crippen LogP contribution in [0.15, 0.2) is 59.3 Å². The van der Waals surface area contributed by atoms with E-state index in [9.17, 15) is 14.0 Å². The van der Waals surface area contributed by atoms with Crippen molar-refractivity contribution < 1.29 is 23.2 Å². The standard InChI is InChI=1S/C29H37FN4O4S2/c1-5-6-7-26(31)27(14-20-12-13-39-18-20)33-29(36)23-15-22(16-25(17-23)34(3)40-38-37-4)28(35)32-19(2)21-8-10-24(30)11-9-21/h8-13,15-19,26-27H,5-7,14,31H2,1-4H3,(H,32,35)(H,33,36)/t19-,26+,27+/m1/s1. The van der Waals surface area contributed by atoms with Gasteiger partial charge in [0.25, 0.3) is 11.8 Å². The van der Waals surface area contributed by atoms with Crippen LogP contribution in [0.3, 0.4) is 0 Å². The highest BCUT2D eigenvalue weighted by Crippen LogP contribution is 2.26. The summed E-state index contributed by atoms with van der Waals surface area (Å²) in [5, 5.41) is 10.1. The Morgan fingerprint density at radius 1 is 1.10 bits per heavy atom. The number of nitrogens with one attached hydrogen (secondary N) is 2. The van der Waals surface area contributed by atoms with Gasteiger partial charge in [-0.15, -0.1) is 4.33 Å². The number of thiophene rings is 1. The fourth-order valence-corrected chi connectivity index (χ4v) is 5.18. The second-order valence-corrected chi connectivity index (χ2v) is 11.2. The second kappa shape index (κ2) is 15.7. The third-order valence-electron chi connectivity index (χ3n) is 6.49. The molecule has 4 N–H and O–H groups in total. The zero-order valence-corrected chi connectivity index (χ0v) is 24.8. The number of rotatable bonds is 15. The molecule has 0 radical (unpaired) electrons. The first-order valence-electron chi connectivity index (χ1n) is 13.1. The van der Waals surface area contributed by atoms with Gasteiger partial charge < -0.3 is 16.4 Å². The molecule has 0 aliphatic rings. The predicted octanol–water partition coefficient (Wildman–Crippen LogP) is 5.81. The second-order valence-electron chi connectivity index (χ2n) is 9.54. The van der Waals surface area contributed by atoms with Gasteiger partial charge in [-0.05, 0) is 78.1 Å². The van der Waals surface area contributed by atoms with E-state index in [2.05, 4.69) is 27.8 Å². The van der Waals surface area contributed by atoms with Gasteiger partial charge in [-0.2, -0.15) is 11.3 Å². The minimum Gasteiger partial charge on any atom is -0.347 e. The molecule has 1 heterocycles. The lowest BCUT2D eigenvalue weighted by Gasteiger charge is -2.25. The summed E-state index contributed by atoms with van der Waals surface area (Å²) in [5.41, 5.74) is 9.54. The number of carbonyl (C=O) groups excluding carboxylic acids is 2. The summed E-state index contributed by atoms with van der Waals surface area (Å²) in [6.07, 6.45) is 3.37. The van der Waals surface area contributed by atoms with Crippen LogP contribution in [-0.2, 0) is 15.6 Å². The van der Waals surface area contributed by atoms with Gasteiger partial charge >= 0.3 is 0 Å². The number of unbranched alkanes of at least 4 members (excludes halogenated alkanes) is 1. The largest absolute Gasteiger partial charge is 0.347 e. The molecular formula is C29H37FN4O4S2. The zero-order valence-electron chi connectivity index (χ0n) is 23.2. The van der Waals surface area contributed by atoms with Crippen molar-refractivity contribution in [1.29, 1.82) is 0 Å². The van der Waals surface area contributed by atoms with Crippen molar-refractivity contribution in [3.8, 4) is 0 Å². The van der Waals surface area contributed by atoms with E-state index in [-0.39, 0.29) is 41.3 Å². The molecule has 40 heavy (non-hydrogen) atoms. The molecule has 0 unspecified atom stereocenters. The van der Waals surface area contributed by atoms with Crippen LogP contribution >= 0.6 is 23.6 Å². The first-order chi connectivity index (χ1) is 19.2. The number of halogens is 1. The molecule has 1 aromatic heterocycles. The van der Waals surface area contributed by atoms with E-state index in [0.717, 1.165) is 42.6 Å². The Bertz CT molecular complexity index is 1230. The van der Waals surface area contributed by atoms with Gasteiger partial charge in [-0.3, -0.25) is 13.9 Å². The molecule has 2 amide bonds. The maximum absolute atomic E-state index is 13.6. The van der Waals surface area contributed by atoms with Crippen molar-refractivity contribution in [3.63, 3.8) is 0 Å². The number of hydrogen-bond donors (Lipinski definition) is 3. The van der Waals surface area contributed by atoms with E-state index < -0.39 is 0 Å². The highest BCUT2D eigenvalue weighted by atomic mass is 32.2. The molecule has 216 valence electrons. The van der Waals surface area contributed by atoms with Crippen molar-refractivity contribution in [1.82, 2.24) is 10.6 Å². The van der Waals surface area contributed by atoms with Crippen LogP contribution in [0.1, 0.15) is 71.0 Å². The van der Waals surface area contributed by atoms with Crippen LogP contribution in [0.25, 0.3) is 0 Å². The number of nitrogens with zero attached hydrogens (tertiary/aromatic N) is 1. The summed E-state index contributed by atoms with van der Waals surface area (Å²) in [5.74, 6) is -1.06. The third kappa shape index (κ3) is 9.31. The van der Waals surface area contributed by atoms with E-state index in [4.69, 9.17) is 10.1 Å². The van der Waals surface area contributed by atoms with Crippen molar-refractivity contribution in [2.45, 2.75) is 57.7 Å². The number of hydrogen-bond acceptors (Lipinski definition) is 8. The molecule has 3 aromatic rings. The Morgan fingerprint density at radius 3 is 2.38 bits per heavy atom. The van der Waals surface area contributed by atoms with Crippen molar-refractivity contribution in [2.24, 2.45) is 5.73 Å². The molecule has 0 aliphatic heterocycles. The zero-order chi connectivity index (χ0) is 29.1. The molecule has 0 aliphatic carbocycles. The number of carbonyl (C=O) groups is 2. The SMILES string of the molecule is CCCC[C@H](N)[C@H](Cc1ccsc1)NC(=O)c1cc(C(=O)N[C@H](C)c2ccc(F)cc2)cc(N(C)SOOC)c1.